The molecule has 0 bridgehead atoms. The quantitative estimate of drug-likeness (QED) is 0.598. The van der Waals surface area contributed by atoms with Gasteiger partial charge in [0, 0.05) is 64.5 Å². The number of nitrogens with zero attached hydrogens (tertiary/aromatic N) is 5. The molecule has 3 aliphatic heterocycles. The highest BCUT2D eigenvalue weighted by Crippen LogP contribution is 2.26. The van der Waals surface area contributed by atoms with E-state index in [0.717, 1.165) is 38.8 Å². The number of likely N-dealkylation sites (tertiary alicyclic amines) is 2. The number of aliphatic hydroxyl groups excluding tert-OH is 1. The first kappa shape index (κ1) is 25.6. The summed E-state index contributed by atoms with van der Waals surface area (Å²) in [5, 5.41) is 14.4. The number of fused-ring (bicyclic) bond motifs is 1. The van der Waals surface area contributed by atoms with Crippen molar-refractivity contribution in [3.05, 3.63) is 53.5 Å². The Bertz CT molecular complexity index is 1110. The van der Waals surface area contributed by atoms with Crippen LogP contribution >= 0.6 is 0 Å². The van der Waals surface area contributed by atoms with Gasteiger partial charge in [-0.25, -0.2) is 9.97 Å². The van der Waals surface area contributed by atoms with Gasteiger partial charge < -0.3 is 25.0 Å². The molecule has 5 rings (SSSR count). The van der Waals surface area contributed by atoms with Crippen LogP contribution in [0, 0.1) is 0 Å². The minimum absolute atomic E-state index is 0.00642. The predicted molar refractivity (Wildman–Crippen MR) is 138 cm³/mol. The van der Waals surface area contributed by atoms with E-state index in [0.29, 0.717) is 37.7 Å². The Hall–Kier alpha value is -3.08. The van der Waals surface area contributed by atoms with E-state index in [1.165, 1.54) is 24.6 Å². The molecule has 2 N–H and O–H groups in total. The Morgan fingerprint density at radius 2 is 1.81 bits per heavy atom. The minimum Gasteiger partial charge on any atom is -0.390 e. The standard InChI is InChI=1S/C27H36N6O4/c1-37-17-26(35)31-11-7-21(8-12-31)30-25-14-22(28-18-29-25)27(36)33-13-9-23(24(34)16-33)32-10-6-19-4-2-3-5-20(19)15-32/h2-5,14,18,21,23-24,34H,6-13,15-17H2,1H3,(H,28,29,30). The molecule has 198 valence electrons. The molecule has 2 amide bonds. The number of nitrogens with one attached hydrogen (secondary N) is 1. The fraction of sp³-hybridized carbons (Fsp3) is 0.556. The number of piperidine rings is 2. The second-order valence-electron chi connectivity index (χ2n) is 10.2. The Labute approximate surface area is 217 Å². The van der Waals surface area contributed by atoms with Crippen molar-refractivity contribution in [1.29, 1.82) is 0 Å². The zero-order chi connectivity index (χ0) is 25.8. The summed E-state index contributed by atoms with van der Waals surface area (Å²) in [6, 6.07) is 10.4. The molecule has 2 aromatic rings. The van der Waals surface area contributed by atoms with Crippen molar-refractivity contribution >= 4 is 17.6 Å². The van der Waals surface area contributed by atoms with E-state index >= 15 is 0 Å². The summed E-state index contributed by atoms with van der Waals surface area (Å²) >= 11 is 0. The molecule has 3 aliphatic rings. The molecule has 4 heterocycles. The number of carbonyl (C=O) groups excluding carboxylic acids is 2. The van der Waals surface area contributed by atoms with Crippen LogP contribution in [0.25, 0.3) is 0 Å². The molecular formula is C27H36N6O4. The number of aliphatic hydroxyl groups is 1. The summed E-state index contributed by atoms with van der Waals surface area (Å²) in [6.07, 6.45) is 4.11. The zero-order valence-corrected chi connectivity index (χ0v) is 21.4. The van der Waals surface area contributed by atoms with Crippen molar-refractivity contribution in [2.24, 2.45) is 0 Å². The predicted octanol–water partition coefficient (Wildman–Crippen LogP) is 1.16. The number of hydrogen-bond donors (Lipinski definition) is 2. The molecular weight excluding hydrogens is 472 g/mol. The SMILES string of the molecule is COCC(=O)N1CCC(Nc2cc(C(=O)N3CCC(N4CCc5ccccc5C4)C(O)C3)ncn2)CC1. The van der Waals surface area contributed by atoms with E-state index in [-0.39, 0.29) is 30.5 Å². The van der Waals surface area contributed by atoms with Crippen LogP contribution in [0.5, 0.6) is 0 Å². The van der Waals surface area contributed by atoms with Crippen LogP contribution < -0.4 is 5.32 Å². The Balaban J connectivity index is 1.14. The summed E-state index contributed by atoms with van der Waals surface area (Å²) in [6.45, 7) is 4.06. The molecule has 10 heteroatoms. The van der Waals surface area contributed by atoms with Gasteiger partial charge in [0.1, 0.15) is 24.4 Å². The van der Waals surface area contributed by atoms with Crippen molar-refractivity contribution in [1.82, 2.24) is 24.7 Å². The van der Waals surface area contributed by atoms with E-state index in [2.05, 4.69) is 44.5 Å². The number of amides is 2. The van der Waals surface area contributed by atoms with E-state index in [1.807, 2.05) is 4.90 Å². The average molecular weight is 509 g/mol. The molecule has 0 spiro atoms. The number of ether oxygens (including phenoxy) is 1. The van der Waals surface area contributed by atoms with Gasteiger partial charge in [-0.2, -0.15) is 0 Å². The van der Waals surface area contributed by atoms with Crippen molar-refractivity contribution < 1.29 is 19.4 Å². The molecule has 10 nitrogen and oxygen atoms in total. The smallest absolute Gasteiger partial charge is 0.272 e. The first-order valence-electron chi connectivity index (χ1n) is 13.2. The number of hydrogen-bond acceptors (Lipinski definition) is 8. The van der Waals surface area contributed by atoms with E-state index in [4.69, 9.17) is 4.74 Å². The summed E-state index contributed by atoms with van der Waals surface area (Å²) in [5.41, 5.74) is 3.04. The first-order valence-corrected chi connectivity index (χ1v) is 13.2. The van der Waals surface area contributed by atoms with Crippen molar-refractivity contribution in [3.8, 4) is 0 Å². The molecule has 1 aromatic carbocycles. The third-order valence-corrected chi connectivity index (χ3v) is 7.82. The molecule has 0 saturated carbocycles. The van der Waals surface area contributed by atoms with Crippen molar-refractivity contribution in [2.45, 2.75) is 50.4 Å². The maximum atomic E-state index is 13.2. The molecule has 2 unspecified atom stereocenters. The lowest BCUT2D eigenvalue weighted by Crippen LogP contribution is -2.56. The summed E-state index contributed by atoms with van der Waals surface area (Å²) in [5.74, 6) is 0.418. The fourth-order valence-corrected chi connectivity index (χ4v) is 5.74. The molecule has 0 radical (unpaired) electrons. The van der Waals surface area contributed by atoms with Gasteiger partial charge in [0.05, 0.1) is 6.10 Å². The van der Waals surface area contributed by atoms with E-state index < -0.39 is 6.10 Å². The highest BCUT2D eigenvalue weighted by molar-refractivity contribution is 5.93. The summed E-state index contributed by atoms with van der Waals surface area (Å²) < 4.78 is 4.94. The molecule has 2 fully saturated rings. The summed E-state index contributed by atoms with van der Waals surface area (Å²) in [7, 11) is 1.52. The largest absolute Gasteiger partial charge is 0.390 e. The van der Waals surface area contributed by atoms with E-state index in [1.54, 1.807) is 11.0 Å². The summed E-state index contributed by atoms with van der Waals surface area (Å²) in [4.78, 5) is 39.6. The fourth-order valence-electron chi connectivity index (χ4n) is 5.74. The Morgan fingerprint density at radius 3 is 2.57 bits per heavy atom. The van der Waals surface area contributed by atoms with Gasteiger partial charge >= 0.3 is 0 Å². The molecule has 37 heavy (non-hydrogen) atoms. The third kappa shape index (κ3) is 5.92. The van der Waals surface area contributed by atoms with Crippen LogP contribution in [0.1, 0.15) is 40.9 Å². The number of benzene rings is 1. The topological polar surface area (TPSA) is 111 Å². The minimum atomic E-state index is -0.603. The van der Waals surface area contributed by atoms with Gasteiger partial charge in [-0.15, -0.1) is 0 Å². The number of aromatic nitrogens is 2. The van der Waals surface area contributed by atoms with Crippen LogP contribution in [0.4, 0.5) is 5.82 Å². The van der Waals surface area contributed by atoms with Gasteiger partial charge in [0.2, 0.25) is 5.91 Å². The normalized spacial score (nSPS) is 23.0. The van der Waals surface area contributed by atoms with Crippen molar-refractivity contribution in [3.63, 3.8) is 0 Å². The number of carbonyl (C=O) groups is 2. The number of methoxy groups -OCH3 is 1. The average Bonchev–Trinajstić information content (AvgIpc) is 2.93. The Kier molecular flexibility index (Phi) is 7.97. The van der Waals surface area contributed by atoms with Crippen LogP contribution in [0.2, 0.25) is 0 Å². The van der Waals surface area contributed by atoms with Gasteiger partial charge in [0.25, 0.3) is 5.91 Å². The highest BCUT2D eigenvalue weighted by Gasteiger charge is 2.35. The Morgan fingerprint density at radius 1 is 1.05 bits per heavy atom. The van der Waals surface area contributed by atoms with Gasteiger partial charge in [0.15, 0.2) is 0 Å². The molecule has 0 aliphatic carbocycles. The molecule has 1 aromatic heterocycles. The molecule has 2 atom stereocenters. The lowest BCUT2D eigenvalue weighted by molar-refractivity contribution is -0.136. The van der Waals surface area contributed by atoms with Gasteiger partial charge in [-0.1, -0.05) is 24.3 Å². The maximum absolute atomic E-state index is 13.2. The number of anilines is 1. The van der Waals surface area contributed by atoms with Crippen LogP contribution in [0.15, 0.2) is 36.7 Å². The second kappa shape index (κ2) is 11.5. The lowest BCUT2D eigenvalue weighted by atomic mass is 9.94. The lowest BCUT2D eigenvalue weighted by Gasteiger charge is -2.43. The van der Waals surface area contributed by atoms with Gasteiger partial charge in [-0.3, -0.25) is 14.5 Å². The monoisotopic (exact) mass is 508 g/mol. The number of β-amino-alcohol motifs (C(OH)–C–C–N with tert-alkyl or cyclic N) is 1. The van der Waals surface area contributed by atoms with E-state index in [9.17, 15) is 14.7 Å². The first-order chi connectivity index (χ1) is 18.0. The highest BCUT2D eigenvalue weighted by atomic mass is 16.5. The zero-order valence-electron chi connectivity index (χ0n) is 21.4. The maximum Gasteiger partial charge on any atom is 0.272 e. The van der Waals surface area contributed by atoms with Gasteiger partial charge in [-0.05, 0) is 36.8 Å². The van der Waals surface area contributed by atoms with Crippen molar-refractivity contribution in [2.75, 3.05) is 51.8 Å². The third-order valence-electron chi connectivity index (χ3n) is 7.82. The van der Waals surface area contributed by atoms with Crippen LogP contribution in [-0.4, -0.2) is 106 Å². The van der Waals surface area contributed by atoms with Crippen LogP contribution in [-0.2, 0) is 22.5 Å². The molecule has 2 saturated heterocycles. The number of rotatable bonds is 6. The van der Waals surface area contributed by atoms with Crippen LogP contribution in [0.3, 0.4) is 0 Å². The second-order valence-corrected chi connectivity index (χ2v) is 10.2.